The third kappa shape index (κ3) is 2.79. The molecule has 0 radical (unpaired) electrons. The number of pyridine rings is 1. The minimum Gasteiger partial charge on any atom is -0.317 e. The van der Waals surface area contributed by atoms with E-state index in [-0.39, 0.29) is 17.0 Å². The van der Waals surface area contributed by atoms with Crippen LogP contribution in [-0.2, 0) is 0 Å². The van der Waals surface area contributed by atoms with Gasteiger partial charge in [-0.3, -0.25) is 10.1 Å². The van der Waals surface area contributed by atoms with Crippen LogP contribution < -0.4 is 5.32 Å². The van der Waals surface area contributed by atoms with Gasteiger partial charge in [-0.1, -0.05) is 0 Å². The van der Waals surface area contributed by atoms with Crippen molar-refractivity contribution in [2.24, 2.45) is 0 Å². The van der Waals surface area contributed by atoms with Gasteiger partial charge in [-0.15, -0.1) is 17.0 Å². The zero-order valence-electron chi connectivity index (χ0n) is 10.1. The van der Waals surface area contributed by atoms with E-state index in [1.807, 2.05) is 12.1 Å². The number of aromatic nitrogens is 3. The predicted octanol–water partition coefficient (Wildman–Crippen LogP) is 2.52. The lowest BCUT2D eigenvalue weighted by Gasteiger charge is -2.20. The normalized spacial score (nSPS) is 16.2. The first kappa shape index (κ1) is 13.2. The van der Waals surface area contributed by atoms with E-state index in [9.17, 15) is 0 Å². The fourth-order valence-electron chi connectivity index (χ4n) is 2.34. The van der Waals surface area contributed by atoms with Crippen molar-refractivity contribution >= 4 is 17.0 Å². The van der Waals surface area contributed by atoms with Crippen molar-refractivity contribution < 1.29 is 0 Å². The van der Waals surface area contributed by atoms with Crippen molar-refractivity contribution in [1.29, 1.82) is 0 Å². The molecule has 3 rings (SSSR count). The lowest BCUT2D eigenvalue weighted by atomic mass is 9.94. The number of rotatable bonds is 2. The van der Waals surface area contributed by atoms with E-state index in [0.717, 1.165) is 24.3 Å². The molecule has 96 valence electrons. The molecule has 2 aromatic heterocycles. The van der Waals surface area contributed by atoms with Gasteiger partial charge in [0.2, 0.25) is 0 Å². The van der Waals surface area contributed by atoms with Gasteiger partial charge >= 0.3 is 0 Å². The van der Waals surface area contributed by atoms with E-state index in [0.29, 0.717) is 5.92 Å². The topological polar surface area (TPSA) is 53.6 Å². The SMILES string of the molecule is Br.c1cc(-c2cc(C3CCNCC3)n[nH]2)ccn1. The molecular formula is C13H17BrN4. The summed E-state index contributed by atoms with van der Waals surface area (Å²) in [6.07, 6.45) is 5.97. The maximum atomic E-state index is 4.44. The molecule has 0 aromatic carbocycles. The summed E-state index contributed by atoms with van der Waals surface area (Å²) in [5.74, 6) is 0.600. The van der Waals surface area contributed by atoms with E-state index in [1.54, 1.807) is 12.4 Å². The molecule has 3 heterocycles. The maximum absolute atomic E-state index is 4.44. The highest BCUT2D eigenvalue weighted by Gasteiger charge is 2.18. The minimum atomic E-state index is 0. The lowest BCUT2D eigenvalue weighted by molar-refractivity contribution is 0.453. The van der Waals surface area contributed by atoms with E-state index in [1.165, 1.54) is 18.5 Å². The van der Waals surface area contributed by atoms with Crippen molar-refractivity contribution in [2.75, 3.05) is 13.1 Å². The third-order valence-electron chi connectivity index (χ3n) is 3.35. The minimum absolute atomic E-state index is 0. The van der Waals surface area contributed by atoms with E-state index >= 15 is 0 Å². The number of hydrogen-bond acceptors (Lipinski definition) is 3. The van der Waals surface area contributed by atoms with Gasteiger partial charge in [0.1, 0.15) is 0 Å². The number of nitrogens with zero attached hydrogens (tertiary/aromatic N) is 2. The molecule has 0 unspecified atom stereocenters. The summed E-state index contributed by atoms with van der Waals surface area (Å²) in [6.45, 7) is 2.20. The number of halogens is 1. The zero-order chi connectivity index (χ0) is 11.5. The number of hydrogen-bond donors (Lipinski definition) is 2. The van der Waals surface area contributed by atoms with Crippen LogP contribution in [0.15, 0.2) is 30.6 Å². The Balaban J connectivity index is 0.00000120. The Hall–Kier alpha value is -1.20. The van der Waals surface area contributed by atoms with Crippen molar-refractivity contribution in [3.05, 3.63) is 36.3 Å². The Morgan fingerprint density at radius 2 is 1.83 bits per heavy atom. The molecule has 1 fully saturated rings. The van der Waals surface area contributed by atoms with Gasteiger partial charge in [-0.05, 0) is 44.1 Å². The smallest absolute Gasteiger partial charge is 0.0660 e. The summed E-state index contributed by atoms with van der Waals surface area (Å²) in [6, 6.07) is 6.17. The zero-order valence-corrected chi connectivity index (χ0v) is 11.8. The van der Waals surface area contributed by atoms with Crippen LogP contribution >= 0.6 is 17.0 Å². The summed E-state index contributed by atoms with van der Waals surface area (Å²) in [5, 5.41) is 10.9. The first-order valence-corrected chi connectivity index (χ1v) is 6.10. The van der Waals surface area contributed by atoms with Crippen LogP contribution in [0.2, 0.25) is 0 Å². The molecule has 0 bridgehead atoms. The Labute approximate surface area is 117 Å². The molecule has 1 aliphatic heterocycles. The molecule has 0 atom stereocenters. The van der Waals surface area contributed by atoms with Gasteiger partial charge in [0, 0.05) is 23.9 Å². The number of piperidine rings is 1. The van der Waals surface area contributed by atoms with Crippen LogP contribution in [0.1, 0.15) is 24.5 Å². The molecule has 0 saturated carbocycles. The van der Waals surface area contributed by atoms with Crippen LogP contribution in [0.4, 0.5) is 0 Å². The Morgan fingerprint density at radius 3 is 2.56 bits per heavy atom. The van der Waals surface area contributed by atoms with Gasteiger partial charge < -0.3 is 5.32 Å². The largest absolute Gasteiger partial charge is 0.317 e. The van der Waals surface area contributed by atoms with E-state index < -0.39 is 0 Å². The second-order valence-electron chi connectivity index (χ2n) is 4.47. The van der Waals surface area contributed by atoms with Gasteiger partial charge in [0.05, 0.1) is 11.4 Å². The maximum Gasteiger partial charge on any atom is 0.0660 e. The average Bonchev–Trinajstić information content (AvgIpc) is 2.90. The second kappa shape index (κ2) is 6.11. The summed E-state index contributed by atoms with van der Waals surface area (Å²) in [4.78, 5) is 4.02. The molecule has 2 N–H and O–H groups in total. The molecular weight excluding hydrogens is 292 g/mol. The van der Waals surface area contributed by atoms with Crippen LogP contribution in [0.3, 0.4) is 0 Å². The van der Waals surface area contributed by atoms with Crippen LogP contribution in [-0.4, -0.2) is 28.3 Å². The highest BCUT2D eigenvalue weighted by atomic mass is 79.9. The first-order valence-electron chi connectivity index (χ1n) is 6.10. The molecule has 0 amide bonds. The van der Waals surface area contributed by atoms with Gasteiger partial charge in [0.15, 0.2) is 0 Å². The molecule has 0 spiro atoms. The number of H-pyrrole nitrogens is 1. The van der Waals surface area contributed by atoms with Gasteiger partial charge in [0.25, 0.3) is 0 Å². The predicted molar refractivity (Wildman–Crippen MR) is 77.0 cm³/mol. The fraction of sp³-hybridized carbons (Fsp3) is 0.385. The molecule has 1 saturated heterocycles. The Morgan fingerprint density at radius 1 is 1.11 bits per heavy atom. The molecule has 4 nitrogen and oxygen atoms in total. The van der Waals surface area contributed by atoms with Crippen molar-refractivity contribution in [3.8, 4) is 11.3 Å². The molecule has 18 heavy (non-hydrogen) atoms. The average molecular weight is 309 g/mol. The standard InChI is InChI=1S/C13H16N4.BrH/c1-5-14-6-2-10(1)12-9-13(17-16-12)11-3-7-15-8-4-11;/h1-2,5-6,9,11,15H,3-4,7-8H2,(H,16,17);1H. The van der Waals surface area contributed by atoms with E-state index in [4.69, 9.17) is 0 Å². The summed E-state index contributed by atoms with van der Waals surface area (Å²) >= 11 is 0. The second-order valence-corrected chi connectivity index (χ2v) is 4.47. The monoisotopic (exact) mass is 308 g/mol. The van der Waals surface area contributed by atoms with Crippen LogP contribution in [0.25, 0.3) is 11.3 Å². The number of aromatic amines is 1. The van der Waals surface area contributed by atoms with Gasteiger partial charge in [-0.25, -0.2) is 0 Å². The van der Waals surface area contributed by atoms with Crippen LogP contribution in [0.5, 0.6) is 0 Å². The lowest BCUT2D eigenvalue weighted by Crippen LogP contribution is -2.26. The summed E-state index contributed by atoms with van der Waals surface area (Å²) in [7, 11) is 0. The summed E-state index contributed by atoms with van der Waals surface area (Å²) in [5.41, 5.74) is 3.42. The molecule has 2 aromatic rings. The molecule has 0 aliphatic carbocycles. The third-order valence-corrected chi connectivity index (χ3v) is 3.35. The van der Waals surface area contributed by atoms with Crippen LogP contribution in [0, 0.1) is 0 Å². The molecule has 1 aliphatic rings. The van der Waals surface area contributed by atoms with E-state index in [2.05, 4.69) is 26.6 Å². The highest BCUT2D eigenvalue weighted by molar-refractivity contribution is 8.93. The Kier molecular flexibility index (Phi) is 4.49. The Bertz CT molecular complexity index is 477. The van der Waals surface area contributed by atoms with Crippen molar-refractivity contribution in [3.63, 3.8) is 0 Å². The van der Waals surface area contributed by atoms with Gasteiger partial charge in [-0.2, -0.15) is 5.10 Å². The first-order chi connectivity index (χ1) is 8.43. The highest BCUT2D eigenvalue weighted by Crippen LogP contribution is 2.26. The van der Waals surface area contributed by atoms with Crippen molar-refractivity contribution in [1.82, 2.24) is 20.5 Å². The fourth-order valence-corrected chi connectivity index (χ4v) is 2.34. The quantitative estimate of drug-likeness (QED) is 0.896. The summed E-state index contributed by atoms with van der Waals surface area (Å²) < 4.78 is 0. The molecule has 5 heteroatoms. The van der Waals surface area contributed by atoms with Crippen molar-refractivity contribution in [2.45, 2.75) is 18.8 Å². The number of nitrogens with one attached hydrogen (secondary N) is 2.